The van der Waals surface area contributed by atoms with E-state index in [1.165, 1.54) is 6.92 Å². The molecule has 1 heterocycles. The number of furan rings is 1. The summed E-state index contributed by atoms with van der Waals surface area (Å²) in [6.45, 7) is 1.66. The van der Waals surface area contributed by atoms with E-state index in [1.54, 1.807) is 24.5 Å². The number of esters is 1. The maximum atomic E-state index is 10.3. The van der Waals surface area contributed by atoms with E-state index in [2.05, 4.69) is 4.74 Å². The molecule has 0 aliphatic rings. The van der Waals surface area contributed by atoms with Gasteiger partial charge in [0.15, 0.2) is 0 Å². The molecular weight excluding hydrogens is 156 g/mol. The number of hydrogen-bond acceptors (Lipinski definition) is 3. The molecule has 0 radical (unpaired) electrons. The molecule has 1 aromatic rings. The van der Waals surface area contributed by atoms with Crippen molar-refractivity contribution in [3.05, 3.63) is 30.2 Å². The Hall–Kier alpha value is -1.51. The Morgan fingerprint density at radius 1 is 1.75 bits per heavy atom. The molecule has 0 aliphatic heterocycles. The molecular formula is C9H10O3. The van der Waals surface area contributed by atoms with Gasteiger partial charge < -0.3 is 9.15 Å². The smallest absolute Gasteiger partial charge is 0.302 e. The molecule has 0 fully saturated rings. The molecule has 0 N–H and O–H groups in total. The molecule has 0 atom stereocenters. The first-order valence-corrected chi connectivity index (χ1v) is 3.62. The minimum Gasteiger partial charge on any atom is -0.465 e. The van der Waals surface area contributed by atoms with Crippen LogP contribution in [-0.4, -0.2) is 12.6 Å². The Labute approximate surface area is 70.6 Å². The maximum Gasteiger partial charge on any atom is 0.302 e. The van der Waals surface area contributed by atoms with E-state index in [-0.39, 0.29) is 12.6 Å². The third-order valence-corrected chi connectivity index (χ3v) is 1.21. The zero-order valence-electron chi connectivity index (χ0n) is 6.82. The predicted octanol–water partition coefficient (Wildman–Crippen LogP) is 1.86. The van der Waals surface area contributed by atoms with Crippen LogP contribution in [0.4, 0.5) is 0 Å². The Morgan fingerprint density at radius 3 is 3.17 bits per heavy atom. The van der Waals surface area contributed by atoms with Crippen LogP contribution in [0.15, 0.2) is 28.9 Å². The number of rotatable bonds is 3. The summed E-state index contributed by atoms with van der Waals surface area (Å²) in [6.07, 6.45) is 5.06. The zero-order chi connectivity index (χ0) is 8.81. The van der Waals surface area contributed by atoms with E-state index in [4.69, 9.17) is 4.42 Å². The molecule has 0 aromatic carbocycles. The monoisotopic (exact) mass is 166 g/mol. The van der Waals surface area contributed by atoms with Crippen molar-refractivity contribution in [2.24, 2.45) is 0 Å². The molecule has 0 amide bonds. The molecule has 0 bridgehead atoms. The van der Waals surface area contributed by atoms with Crippen LogP contribution in [0.3, 0.4) is 0 Å². The maximum absolute atomic E-state index is 10.3. The fourth-order valence-electron chi connectivity index (χ4n) is 0.716. The van der Waals surface area contributed by atoms with Gasteiger partial charge in [0.1, 0.15) is 12.4 Å². The molecule has 0 saturated carbocycles. The Bertz CT molecular complexity index is 259. The van der Waals surface area contributed by atoms with Gasteiger partial charge in [0.05, 0.1) is 6.26 Å². The summed E-state index contributed by atoms with van der Waals surface area (Å²) < 4.78 is 9.69. The van der Waals surface area contributed by atoms with Gasteiger partial charge in [-0.1, -0.05) is 0 Å². The molecule has 1 aromatic heterocycles. The lowest BCUT2D eigenvalue weighted by molar-refractivity contribution is -0.139. The van der Waals surface area contributed by atoms with Gasteiger partial charge in [-0.3, -0.25) is 4.79 Å². The molecule has 3 heteroatoms. The number of carbonyl (C=O) groups is 1. The van der Waals surface area contributed by atoms with Crippen LogP contribution >= 0.6 is 0 Å². The first kappa shape index (κ1) is 8.59. The minimum atomic E-state index is -0.279. The molecule has 1 rings (SSSR count). The molecule has 12 heavy (non-hydrogen) atoms. The van der Waals surface area contributed by atoms with Crippen LogP contribution in [0.2, 0.25) is 0 Å². The third-order valence-electron chi connectivity index (χ3n) is 1.21. The Morgan fingerprint density at radius 2 is 2.58 bits per heavy atom. The summed E-state index contributed by atoms with van der Waals surface area (Å²) >= 11 is 0. The highest BCUT2D eigenvalue weighted by atomic mass is 16.5. The second-order valence-corrected chi connectivity index (χ2v) is 2.22. The highest BCUT2D eigenvalue weighted by molar-refractivity contribution is 5.66. The van der Waals surface area contributed by atoms with Gasteiger partial charge in [0.25, 0.3) is 0 Å². The fraction of sp³-hybridized carbons (Fsp3) is 0.222. The van der Waals surface area contributed by atoms with Crippen molar-refractivity contribution in [2.75, 3.05) is 6.61 Å². The van der Waals surface area contributed by atoms with Crippen LogP contribution in [0, 0.1) is 0 Å². The molecule has 0 spiro atoms. The van der Waals surface area contributed by atoms with Crippen LogP contribution in [-0.2, 0) is 9.53 Å². The van der Waals surface area contributed by atoms with E-state index in [9.17, 15) is 4.79 Å². The zero-order valence-corrected chi connectivity index (χ0v) is 6.82. The number of carbonyl (C=O) groups excluding carboxylic acids is 1. The summed E-state index contributed by atoms with van der Waals surface area (Å²) in [6, 6.07) is 3.62. The fourth-order valence-corrected chi connectivity index (χ4v) is 0.716. The van der Waals surface area contributed by atoms with E-state index in [1.807, 2.05) is 6.07 Å². The summed E-state index contributed by atoms with van der Waals surface area (Å²) in [7, 11) is 0. The van der Waals surface area contributed by atoms with Gasteiger partial charge in [-0.2, -0.15) is 0 Å². The first-order chi connectivity index (χ1) is 5.79. The second kappa shape index (κ2) is 4.38. The lowest BCUT2D eigenvalue weighted by Gasteiger charge is -1.93. The third kappa shape index (κ3) is 3.05. The molecule has 0 aliphatic carbocycles. The second-order valence-electron chi connectivity index (χ2n) is 2.22. The Kier molecular flexibility index (Phi) is 3.14. The van der Waals surface area contributed by atoms with Gasteiger partial charge in [-0.25, -0.2) is 0 Å². The average molecular weight is 166 g/mol. The Balaban J connectivity index is 2.27. The van der Waals surface area contributed by atoms with Gasteiger partial charge in [0.2, 0.25) is 0 Å². The standard InChI is InChI=1S/C9H10O3/c1-8(10)11-6-2-4-9-5-3-7-12-9/h2-5,7H,6H2,1H3/b4-2+. The van der Waals surface area contributed by atoms with Crippen molar-refractivity contribution in [3.63, 3.8) is 0 Å². The van der Waals surface area contributed by atoms with Crippen molar-refractivity contribution in [2.45, 2.75) is 6.92 Å². The summed E-state index contributed by atoms with van der Waals surface area (Å²) in [5.41, 5.74) is 0. The predicted molar refractivity (Wildman–Crippen MR) is 44.4 cm³/mol. The molecule has 0 saturated heterocycles. The molecule has 64 valence electrons. The summed E-state index contributed by atoms with van der Waals surface area (Å²) in [5.74, 6) is 0.473. The van der Waals surface area contributed by atoms with Crippen LogP contribution in [0.5, 0.6) is 0 Å². The van der Waals surface area contributed by atoms with E-state index in [0.29, 0.717) is 0 Å². The van der Waals surface area contributed by atoms with Crippen LogP contribution < -0.4 is 0 Å². The average Bonchev–Trinajstić information content (AvgIpc) is 2.49. The van der Waals surface area contributed by atoms with Gasteiger partial charge >= 0.3 is 5.97 Å². The van der Waals surface area contributed by atoms with Crippen molar-refractivity contribution in [3.8, 4) is 0 Å². The van der Waals surface area contributed by atoms with Crippen molar-refractivity contribution >= 4 is 12.0 Å². The summed E-state index contributed by atoms with van der Waals surface area (Å²) in [5, 5.41) is 0. The van der Waals surface area contributed by atoms with Gasteiger partial charge in [-0.05, 0) is 24.3 Å². The van der Waals surface area contributed by atoms with Gasteiger partial charge in [0, 0.05) is 6.92 Å². The van der Waals surface area contributed by atoms with Gasteiger partial charge in [-0.15, -0.1) is 0 Å². The summed E-state index contributed by atoms with van der Waals surface area (Å²) in [4.78, 5) is 10.3. The van der Waals surface area contributed by atoms with E-state index >= 15 is 0 Å². The molecule has 3 nitrogen and oxygen atoms in total. The lowest BCUT2D eigenvalue weighted by Crippen LogP contribution is -1.96. The van der Waals surface area contributed by atoms with Crippen LogP contribution in [0.1, 0.15) is 12.7 Å². The normalized spacial score (nSPS) is 10.4. The van der Waals surface area contributed by atoms with Crippen LogP contribution in [0.25, 0.3) is 6.08 Å². The first-order valence-electron chi connectivity index (χ1n) is 3.62. The quantitative estimate of drug-likeness (QED) is 0.643. The van der Waals surface area contributed by atoms with E-state index in [0.717, 1.165) is 5.76 Å². The minimum absolute atomic E-state index is 0.279. The van der Waals surface area contributed by atoms with Crippen molar-refractivity contribution < 1.29 is 13.9 Å². The largest absolute Gasteiger partial charge is 0.465 e. The number of hydrogen-bond donors (Lipinski definition) is 0. The van der Waals surface area contributed by atoms with Crippen molar-refractivity contribution in [1.82, 2.24) is 0 Å². The highest BCUT2D eigenvalue weighted by Gasteiger charge is 1.88. The SMILES string of the molecule is CC(=O)OC/C=C/c1ccco1. The number of ether oxygens (including phenoxy) is 1. The molecule has 0 unspecified atom stereocenters. The lowest BCUT2D eigenvalue weighted by atomic mass is 10.4. The van der Waals surface area contributed by atoms with E-state index < -0.39 is 0 Å². The topological polar surface area (TPSA) is 39.4 Å². The highest BCUT2D eigenvalue weighted by Crippen LogP contribution is 2.01. The van der Waals surface area contributed by atoms with Crippen molar-refractivity contribution in [1.29, 1.82) is 0 Å².